The van der Waals surface area contributed by atoms with Crippen LogP contribution >= 0.6 is 12.2 Å². The standard InChI is InChI=1S/C21H17FN2O3S/c1-2-10-24-20(26)17(19(25)23-21(24)28)12-14-6-5-8-16(11-14)27-13-15-7-3-4-9-18(15)22/h2-9,11-12H,1,10,13H2,(H,23,25,28)/b17-12+. The Morgan fingerprint density at radius 3 is 2.71 bits per heavy atom. The summed E-state index contributed by atoms with van der Waals surface area (Å²) in [6, 6.07) is 13.2. The average Bonchev–Trinajstić information content (AvgIpc) is 2.68. The minimum absolute atomic E-state index is 0.0401. The summed E-state index contributed by atoms with van der Waals surface area (Å²) in [4.78, 5) is 26.0. The predicted octanol–water partition coefficient (Wildman–Crippen LogP) is 3.22. The molecule has 7 heteroatoms. The Kier molecular flexibility index (Phi) is 5.96. The van der Waals surface area contributed by atoms with Crippen molar-refractivity contribution in [1.29, 1.82) is 0 Å². The molecule has 1 saturated heterocycles. The summed E-state index contributed by atoms with van der Waals surface area (Å²) in [6.07, 6.45) is 2.99. The van der Waals surface area contributed by atoms with Crippen molar-refractivity contribution in [3.05, 3.63) is 83.7 Å². The Hall–Kier alpha value is -3.32. The second-order valence-corrected chi connectivity index (χ2v) is 6.36. The van der Waals surface area contributed by atoms with Gasteiger partial charge in [-0.25, -0.2) is 4.39 Å². The lowest BCUT2D eigenvalue weighted by Crippen LogP contribution is -2.53. The highest BCUT2D eigenvalue weighted by Crippen LogP contribution is 2.20. The summed E-state index contributed by atoms with van der Waals surface area (Å²) in [7, 11) is 0. The lowest BCUT2D eigenvalue weighted by atomic mass is 10.1. The molecular formula is C21H17FN2O3S. The van der Waals surface area contributed by atoms with E-state index in [9.17, 15) is 14.0 Å². The van der Waals surface area contributed by atoms with Crippen molar-refractivity contribution in [2.24, 2.45) is 0 Å². The summed E-state index contributed by atoms with van der Waals surface area (Å²) < 4.78 is 19.3. The molecule has 1 aliphatic rings. The van der Waals surface area contributed by atoms with Gasteiger partial charge in [0.25, 0.3) is 11.8 Å². The van der Waals surface area contributed by atoms with Crippen LogP contribution < -0.4 is 10.1 Å². The van der Waals surface area contributed by atoms with E-state index in [0.717, 1.165) is 0 Å². The van der Waals surface area contributed by atoms with Gasteiger partial charge in [0.1, 0.15) is 23.7 Å². The second-order valence-electron chi connectivity index (χ2n) is 5.97. The molecule has 142 valence electrons. The van der Waals surface area contributed by atoms with Crippen LogP contribution in [0.4, 0.5) is 4.39 Å². The number of amides is 2. The molecule has 0 bridgehead atoms. The molecule has 0 atom stereocenters. The van der Waals surface area contributed by atoms with Crippen molar-refractivity contribution < 1.29 is 18.7 Å². The highest BCUT2D eigenvalue weighted by molar-refractivity contribution is 7.80. The molecule has 0 saturated carbocycles. The fraction of sp³-hybridized carbons (Fsp3) is 0.0952. The smallest absolute Gasteiger partial charge is 0.265 e. The van der Waals surface area contributed by atoms with Crippen molar-refractivity contribution >= 4 is 35.2 Å². The third-order valence-electron chi connectivity index (χ3n) is 4.02. The van der Waals surface area contributed by atoms with Crippen molar-refractivity contribution in [1.82, 2.24) is 10.2 Å². The molecule has 2 aromatic carbocycles. The lowest BCUT2D eigenvalue weighted by Gasteiger charge is -2.27. The van der Waals surface area contributed by atoms with Gasteiger partial charge in [0.2, 0.25) is 0 Å². The average molecular weight is 396 g/mol. The van der Waals surface area contributed by atoms with E-state index in [0.29, 0.717) is 16.9 Å². The normalized spacial score (nSPS) is 15.5. The zero-order valence-corrected chi connectivity index (χ0v) is 15.7. The van der Waals surface area contributed by atoms with Crippen molar-refractivity contribution in [2.75, 3.05) is 6.54 Å². The van der Waals surface area contributed by atoms with E-state index in [-0.39, 0.29) is 29.7 Å². The maximum Gasteiger partial charge on any atom is 0.265 e. The molecular weight excluding hydrogens is 379 g/mol. The monoisotopic (exact) mass is 396 g/mol. The maximum absolute atomic E-state index is 13.7. The number of ether oxygens (including phenoxy) is 1. The number of hydrogen-bond donors (Lipinski definition) is 1. The summed E-state index contributed by atoms with van der Waals surface area (Å²) in [5.74, 6) is -0.914. The number of thiocarbonyl (C=S) groups is 1. The van der Waals surface area contributed by atoms with Crippen LogP contribution in [0.15, 0.2) is 66.8 Å². The van der Waals surface area contributed by atoms with Crippen LogP contribution in [0.1, 0.15) is 11.1 Å². The van der Waals surface area contributed by atoms with Gasteiger partial charge >= 0.3 is 0 Å². The maximum atomic E-state index is 13.7. The van der Waals surface area contributed by atoms with Crippen LogP contribution in [0.3, 0.4) is 0 Å². The molecule has 2 amide bonds. The first-order valence-electron chi connectivity index (χ1n) is 8.45. The zero-order chi connectivity index (χ0) is 20.1. The first-order chi connectivity index (χ1) is 13.5. The van der Waals surface area contributed by atoms with Crippen LogP contribution in [0, 0.1) is 5.82 Å². The van der Waals surface area contributed by atoms with Crippen LogP contribution in [0.2, 0.25) is 0 Å². The first kappa shape index (κ1) is 19.4. The number of rotatable bonds is 6. The Labute approximate surface area is 167 Å². The van der Waals surface area contributed by atoms with E-state index in [1.54, 1.807) is 42.5 Å². The third-order valence-corrected chi connectivity index (χ3v) is 4.34. The number of halogens is 1. The Morgan fingerprint density at radius 2 is 1.96 bits per heavy atom. The summed E-state index contributed by atoms with van der Waals surface area (Å²) in [5, 5.41) is 2.54. The fourth-order valence-electron chi connectivity index (χ4n) is 2.63. The summed E-state index contributed by atoms with van der Waals surface area (Å²) in [6.45, 7) is 3.84. The molecule has 1 heterocycles. The van der Waals surface area contributed by atoms with E-state index < -0.39 is 11.8 Å². The van der Waals surface area contributed by atoms with Gasteiger partial charge in [0.15, 0.2) is 5.11 Å². The highest BCUT2D eigenvalue weighted by atomic mass is 32.1. The SMILES string of the molecule is C=CCN1C(=O)/C(=C/c2cccc(OCc3ccccc3F)c2)C(=O)NC1=S. The molecule has 1 N–H and O–H groups in total. The quantitative estimate of drug-likeness (QED) is 0.353. The lowest BCUT2D eigenvalue weighted by molar-refractivity contribution is -0.128. The van der Waals surface area contributed by atoms with E-state index in [4.69, 9.17) is 17.0 Å². The van der Waals surface area contributed by atoms with Crippen LogP contribution in [0.5, 0.6) is 5.75 Å². The number of nitrogens with zero attached hydrogens (tertiary/aromatic N) is 1. The Balaban J connectivity index is 1.80. The Morgan fingerprint density at radius 1 is 1.18 bits per heavy atom. The number of carbonyl (C=O) groups is 2. The minimum atomic E-state index is -0.562. The number of nitrogens with one attached hydrogen (secondary N) is 1. The van der Waals surface area contributed by atoms with Gasteiger partial charge in [-0.3, -0.25) is 19.8 Å². The number of hydrogen-bond acceptors (Lipinski definition) is 4. The summed E-state index contributed by atoms with van der Waals surface area (Å²) >= 11 is 5.02. The highest BCUT2D eigenvalue weighted by Gasteiger charge is 2.32. The molecule has 0 radical (unpaired) electrons. The van der Waals surface area contributed by atoms with Gasteiger partial charge in [-0.05, 0) is 42.1 Å². The van der Waals surface area contributed by atoms with E-state index in [1.165, 1.54) is 23.1 Å². The topological polar surface area (TPSA) is 58.6 Å². The molecule has 1 fully saturated rings. The Bertz CT molecular complexity index is 987. The molecule has 0 aliphatic carbocycles. The van der Waals surface area contributed by atoms with Crippen LogP contribution in [-0.4, -0.2) is 28.4 Å². The largest absolute Gasteiger partial charge is 0.489 e. The predicted molar refractivity (Wildman–Crippen MR) is 108 cm³/mol. The molecule has 3 rings (SSSR count). The van der Waals surface area contributed by atoms with E-state index in [2.05, 4.69) is 11.9 Å². The number of benzene rings is 2. The first-order valence-corrected chi connectivity index (χ1v) is 8.86. The van der Waals surface area contributed by atoms with Crippen molar-refractivity contribution in [3.8, 4) is 5.75 Å². The minimum Gasteiger partial charge on any atom is -0.489 e. The number of carbonyl (C=O) groups excluding carboxylic acids is 2. The van der Waals surface area contributed by atoms with E-state index >= 15 is 0 Å². The fourth-order valence-corrected chi connectivity index (χ4v) is 2.88. The van der Waals surface area contributed by atoms with Gasteiger partial charge in [-0.2, -0.15) is 0 Å². The van der Waals surface area contributed by atoms with Gasteiger partial charge in [-0.1, -0.05) is 36.4 Å². The molecule has 0 spiro atoms. The van der Waals surface area contributed by atoms with Crippen molar-refractivity contribution in [2.45, 2.75) is 6.61 Å². The molecule has 28 heavy (non-hydrogen) atoms. The molecule has 0 unspecified atom stereocenters. The van der Waals surface area contributed by atoms with E-state index in [1.807, 2.05) is 0 Å². The van der Waals surface area contributed by atoms with Crippen LogP contribution in [0.25, 0.3) is 6.08 Å². The molecule has 5 nitrogen and oxygen atoms in total. The van der Waals surface area contributed by atoms with Gasteiger partial charge in [-0.15, -0.1) is 6.58 Å². The van der Waals surface area contributed by atoms with Gasteiger partial charge in [0, 0.05) is 12.1 Å². The molecule has 1 aliphatic heterocycles. The van der Waals surface area contributed by atoms with Gasteiger partial charge < -0.3 is 4.74 Å². The second kappa shape index (κ2) is 8.58. The van der Waals surface area contributed by atoms with Gasteiger partial charge in [0.05, 0.1) is 0 Å². The molecule has 0 aromatic heterocycles. The third kappa shape index (κ3) is 4.32. The summed E-state index contributed by atoms with van der Waals surface area (Å²) in [5.41, 5.74) is 0.985. The zero-order valence-electron chi connectivity index (χ0n) is 14.9. The van der Waals surface area contributed by atoms with Crippen molar-refractivity contribution in [3.63, 3.8) is 0 Å². The van der Waals surface area contributed by atoms with Crippen LogP contribution in [-0.2, 0) is 16.2 Å². The molecule has 2 aromatic rings.